The summed E-state index contributed by atoms with van der Waals surface area (Å²) in [6.07, 6.45) is 11.2. The van der Waals surface area contributed by atoms with Crippen LogP contribution in [0.5, 0.6) is 5.75 Å². The van der Waals surface area contributed by atoms with Crippen LogP contribution in [0, 0.1) is 12.3 Å². The van der Waals surface area contributed by atoms with Crippen molar-refractivity contribution in [1.29, 1.82) is 0 Å². The summed E-state index contributed by atoms with van der Waals surface area (Å²) in [6.45, 7) is 2.15. The average molecular weight is 458 g/mol. The summed E-state index contributed by atoms with van der Waals surface area (Å²) in [5, 5.41) is 7.26. The lowest BCUT2D eigenvalue weighted by Crippen LogP contribution is -2.40. The Morgan fingerprint density at radius 3 is 2.74 bits per heavy atom. The molecular weight excluding hydrogens is 426 g/mol. The lowest BCUT2D eigenvalue weighted by Gasteiger charge is -2.34. The van der Waals surface area contributed by atoms with Crippen LogP contribution in [0.1, 0.15) is 67.5 Å². The van der Waals surface area contributed by atoms with E-state index >= 15 is 0 Å². The summed E-state index contributed by atoms with van der Waals surface area (Å²) in [6, 6.07) is 16.2. The molecule has 1 aliphatic rings. The molecule has 6 heteroatoms. The maximum Gasteiger partial charge on any atom is 0.317 e. The van der Waals surface area contributed by atoms with Gasteiger partial charge in [-0.15, -0.1) is 12.3 Å². The summed E-state index contributed by atoms with van der Waals surface area (Å²) in [5.74, 6) is 3.68. The first-order valence-corrected chi connectivity index (χ1v) is 11.8. The summed E-state index contributed by atoms with van der Waals surface area (Å²) in [5.41, 5.74) is 2.30. The van der Waals surface area contributed by atoms with Gasteiger partial charge in [-0.05, 0) is 41.7 Å². The number of esters is 1. The number of methoxy groups -OCH3 is 1. The van der Waals surface area contributed by atoms with Gasteiger partial charge in [0.25, 0.3) is 0 Å². The van der Waals surface area contributed by atoms with Gasteiger partial charge >= 0.3 is 5.97 Å². The maximum absolute atomic E-state index is 13.8. The molecule has 1 saturated heterocycles. The molecule has 34 heavy (non-hydrogen) atoms. The predicted octanol–water partition coefficient (Wildman–Crippen LogP) is 4.95. The number of H-pyrrole nitrogens is 1. The molecular formula is C28H31N3O3. The summed E-state index contributed by atoms with van der Waals surface area (Å²) in [7, 11) is 1.66. The zero-order valence-electron chi connectivity index (χ0n) is 19.8. The molecule has 0 spiro atoms. The number of aromatic amines is 1. The second-order valence-corrected chi connectivity index (χ2v) is 8.85. The number of terminal acetylenes is 1. The smallest absolute Gasteiger partial charge is 0.317 e. The number of unbranched alkanes of at least 4 members (excludes halogenated alkanes) is 1. The first-order chi connectivity index (χ1) is 16.6. The molecule has 0 radical (unpaired) electrons. The fraction of sp³-hybridized carbons (Fsp3) is 0.393. The Morgan fingerprint density at radius 1 is 1.26 bits per heavy atom. The van der Waals surface area contributed by atoms with Crippen LogP contribution in [-0.2, 0) is 21.4 Å². The first-order valence-electron chi connectivity index (χ1n) is 11.8. The van der Waals surface area contributed by atoms with Crippen molar-refractivity contribution >= 4 is 5.97 Å². The Morgan fingerprint density at radius 2 is 2.06 bits per heavy atom. The Bertz CT molecular complexity index is 1130. The summed E-state index contributed by atoms with van der Waals surface area (Å²) in [4.78, 5) is 18.3. The van der Waals surface area contributed by atoms with Gasteiger partial charge in [0.15, 0.2) is 5.82 Å². The van der Waals surface area contributed by atoms with Crippen molar-refractivity contribution < 1.29 is 14.3 Å². The van der Waals surface area contributed by atoms with E-state index < -0.39 is 5.41 Å². The second kappa shape index (κ2) is 10.6. The Labute approximate surface area is 201 Å². The number of aromatic nitrogens is 3. The van der Waals surface area contributed by atoms with Crippen LogP contribution >= 0.6 is 0 Å². The number of ether oxygens (including phenoxy) is 2. The molecule has 0 amide bonds. The molecule has 0 aliphatic carbocycles. The lowest BCUT2D eigenvalue weighted by molar-refractivity contribution is -0.146. The van der Waals surface area contributed by atoms with Crippen LogP contribution in [0.4, 0.5) is 0 Å². The fourth-order valence-electron chi connectivity index (χ4n) is 5.14. The highest BCUT2D eigenvalue weighted by atomic mass is 16.6. The number of nitrogens with one attached hydrogen (secondary N) is 1. The van der Waals surface area contributed by atoms with E-state index in [1.807, 2.05) is 24.3 Å². The highest BCUT2D eigenvalue weighted by Gasteiger charge is 2.57. The molecule has 3 aromatic rings. The zero-order valence-corrected chi connectivity index (χ0v) is 19.8. The van der Waals surface area contributed by atoms with Crippen LogP contribution in [-0.4, -0.2) is 34.4 Å². The molecule has 6 nitrogen and oxygen atoms in total. The minimum absolute atomic E-state index is 0.217. The van der Waals surface area contributed by atoms with E-state index in [0.717, 1.165) is 41.7 Å². The maximum atomic E-state index is 13.8. The predicted molar refractivity (Wildman–Crippen MR) is 131 cm³/mol. The molecule has 0 saturated carbocycles. The lowest BCUT2D eigenvalue weighted by atomic mass is 9.64. The van der Waals surface area contributed by atoms with E-state index in [0.29, 0.717) is 25.1 Å². The van der Waals surface area contributed by atoms with Gasteiger partial charge in [-0.1, -0.05) is 56.2 Å². The highest BCUT2D eigenvalue weighted by molar-refractivity contribution is 5.87. The largest absolute Gasteiger partial charge is 0.497 e. The number of benzene rings is 2. The Hall–Kier alpha value is -3.59. The molecule has 1 N–H and O–H groups in total. The van der Waals surface area contributed by atoms with E-state index in [1.54, 1.807) is 13.4 Å². The van der Waals surface area contributed by atoms with Gasteiger partial charge in [-0.3, -0.25) is 9.89 Å². The van der Waals surface area contributed by atoms with Gasteiger partial charge < -0.3 is 9.47 Å². The zero-order chi connectivity index (χ0) is 24.0. The Balaban J connectivity index is 1.83. The van der Waals surface area contributed by atoms with Crippen LogP contribution in [0.15, 0.2) is 54.9 Å². The van der Waals surface area contributed by atoms with Crippen molar-refractivity contribution in [1.82, 2.24) is 15.2 Å². The third-order valence-corrected chi connectivity index (χ3v) is 6.77. The van der Waals surface area contributed by atoms with Crippen molar-refractivity contribution in [3.8, 4) is 18.1 Å². The van der Waals surface area contributed by atoms with Crippen molar-refractivity contribution in [2.45, 2.75) is 62.9 Å². The number of nitrogens with zero attached hydrogens (tertiary/aromatic N) is 2. The van der Waals surface area contributed by atoms with Crippen molar-refractivity contribution in [2.24, 2.45) is 0 Å². The third kappa shape index (κ3) is 4.56. The van der Waals surface area contributed by atoms with Gasteiger partial charge in [0.1, 0.15) is 23.6 Å². The Kier molecular flexibility index (Phi) is 7.32. The topological polar surface area (TPSA) is 77.1 Å². The molecule has 176 valence electrons. The highest BCUT2D eigenvalue weighted by Crippen LogP contribution is 2.51. The van der Waals surface area contributed by atoms with Gasteiger partial charge in [-0.25, -0.2) is 4.98 Å². The fourth-order valence-corrected chi connectivity index (χ4v) is 5.14. The number of hydrogen-bond donors (Lipinski definition) is 1. The van der Waals surface area contributed by atoms with Crippen LogP contribution in [0.2, 0.25) is 0 Å². The minimum atomic E-state index is -0.901. The summed E-state index contributed by atoms with van der Waals surface area (Å²) < 4.78 is 11.2. The molecule has 4 rings (SSSR count). The van der Waals surface area contributed by atoms with Gasteiger partial charge in [0, 0.05) is 18.8 Å². The quantitative estimate of drug-likeness (QED) is 0.344. The minimum Gasteiger partial charge on any atom is -0.497 e. The average Bonchev–Trinajstić information content (AvgIpc) is 3.49. The molecule has 1 aliphatic heterocycles. The van der Waals surface area contributed by atoms with E-state index in [4.69, 9.17) is 15.9 Å². The normalized spacial score (nSPS) is 20.5. The second-order valence-electron chi connectivity index (χ2n) is 8.85. The number of carbonyl (C=O) groups is 1. The van der Waals surface area contributed by atoms with E-state index in [2.05, 4.69) is 52.3 Å². The number of carbonyl (C=O) groups excluding carboxylic acids is 1. The van der Waals surface area contributed by atoms with E-state index in [-0.39, 0.29) is 18.0 Å². The van der Waals surface area contributed by atoms with Crippen molar-refractivity contribution in [3.63, 3.8) is 0 Å². The third-order valence-electron chi connectivity index (χ3n) is 6.77. The van der Waals surface area contributed by atoms with Crippen LogP contribution in [0.25, 0.3) is 0 Å². The van der Waals surface area contributed by atoms with Gasteiger partial charge in [0.2, 0.25) is 0 Å². The number of hydrogen-bond acceptors (Lipinski definition) is 5. The molecule has 1 fully saturated rings. The van der Waals surface area contributed by atoms with Gasteiger partial charge in [0.05, 0.1) is 7.11 Å². The van der Waals surface area contributed by atoms with Crippen molar-refractivity contribution in [3.05, 3.63) is 77.4 Å². The number of rotatable bonds is 10. The summed E-state index contributed by atoms with van der Waals surface area (Å²) >= 11 is 0. The molecule has 3 atom stereocenters. The van der Waals surface area contributed by atoms with E-state index in [9.17, 15) is 4.79 Å². The monoisotopic (exact) mass is 457 g/mol. The van der Waals surface area contributed by atoms with Crippen LogP contribution in [0.3, 0.4) is 0 Å². The van der Waals surface area contributed by atoms with Crippen molar-refractivity contribution in [2.75, 3.05) is 7.11 Å². The number of cyclic esters (lactones) is 1. The molecule has 1 aromatic heterocycles. The van der Waals surface area contributed by atoms with Crippen LogP contribution < -0.4 is 4.74 Å². The first kappa shape index (κ1) is 23.6. The standard InChI is InChI=1S/C28H31N3O3/c1-4-6-11-25(26-29-19-30-31-26)28(18-23(9-5-2)34-27(28)32)24-12-8-7-10-21(24)17-20-13-15-22(33-3)16-14-20/h2,7-8,10,12-16,19,23,25H,4,6,9,11,17-18H2,1,3H3,(H,29,30,31). The molecule has 2 heterocycles. The molecule has 0 bridgehead atoms. The van der Waals surface area contributed by atoms with Gasteiger partial charge in [-0.2, -0.15) is 5.10 Å². The SMILES string of the molecule is C#CCC1CC(c2ccccc2Cc2ccc(OC)cc2)(C(CCCC)c2nc[nH]n2)C(=O)O1. The molecule has 2 aromatic carbocycles. The molecule has 3 unspecified atom stereocenters. The van der Waals surface area contributed by atoms with E-state index in [1.165, 1.54) is 0 Å².